The third-order valence-corrected chi connectivity index (χ3v) is 3.09. The predicted molar refractivity (Wildman–Crippen MR) is 58.5 cm³/mol. The second kappa shape index (κ2) is 4.21. The Bertz CT molecular complexity index is 408. The molecule has 1 aliphatic carbocycles. The summed E-state index contributed by atoms with van der Waals surface area (Å²) >= 11 is 3.30. The quantitative estimate of drug-likeness (QED) is 0.894. The summed E-state index contributed by atoms with van der Waals surface area (Å²) < 4.78 is 6.34. The highest BCUT2D eigenvalue weighted by atomic mass is 79.9. The molecule has 78 valence electrons. The van der Waals surface area contributed by atoms with Gasteiger partial charge in [-0.05, 0) is 34.1 Å². The summed E-state index contributed by atoms with van der Waals surface area (Å²) in [5.41, 5.74) is 0.594. The number of aliphatic hydroxyl groups is 1. The van der Waals surface area contributed by atoms with Gasteiger partial charge in [0.05, 0.1) is 11.7 Å². The Balaban J connectivity index is 2.04. The molecule has 4 heteroatoms. The van der Waals surface area contributed by atoms with Crippen LogP contribution in [-0.4, -0.2) is 17.3 Å². The van der Waals surface area contributed by atoms with Crippen molar-refractivity contribution in [3.63, 3.8) is 0 Å². The van der Waals surface area contributed by atoms with Gasteiger partial charge >= 0.3 is 0 Å². The lowest BCUT2D eigenvalue weighted by molar-refractivity contribution is -0.0108. The van der Waals surface area contributed by atoms with Crippen LogP contribution in [-0.2, 0) is 0 Å². The van der Waals surface area contributed by atoms with E-state index in [1.807, 2.05) is 0 Å². The van der Waals surface area contributed by atoms with Crippen molar-refractivity contribution >= 4 is 15.9 Å². The molecule has 0 heterocycles. The summed E-state index contributed by atoms with van der Waals surface area (Å²) in [4.78, 5) is 0. The van der Waals surface area contributed by atoms with Gasteiger partial charge in [0.2, 0.25) is 0 Å². The maximum absolute atomic E-state index is 9.10. The van der Waals surface area contributed by atoms with E-state index < -0.39 is 0 Å². The topological polar surface area (TPSA) is 53.2 Å². The van der Waals surface area contributed by atoms with Gasteiger partial charge in [-0.1, -0.05) is 0 Å². The first kappa shape index (κ1) is 10.5. The molecule has 0 bridgehead atoms. The van der Waals surface area contributed by atoms with Gasteiger partial charge in [-0.3, -0.25) is 0 Å². The standard InChI is InChI=1S/C11H10BrNO2/c12-11-5-9(2-1-7(11)6-13)15-10-3-8(14)4-10/h1-2,5,8,10,14H,3-4H2/t8-,10-. The van der Waals surface area contributed by atoms with Crippen molar-refractivity contribution in [2.75, 3.05) is 0 Å². The van der Waals surface area contributed by atoms with E-state index in [4.69, 9.17) is 15.1 Å². The van der Waals surface area contributed by atoms with Gasteiger partial charge in [0, 0.05) is 17.3 Å². The van der Waals surface area contributed by atoms with Crippen LogP contribution in [0.25, 0.3) is 0 Å². The first-order valence-electron chi connectivity index (χ1n) is 4.73. The molecule has 1 saturated carbocycles. The van der Waals surface area contributed by atoms with Crippen molar-refractivity contribution in [2.45, 2.75) is 25.0 Å². The average Bonchev–Trinajstić information content (AvgIpc) is 2.16. The van der Waals surface area contributed by atoms with E-state index in [-0.39, 0.29) is 12.2 Å². The van der Waals surface area contributed by atoms with Gasteiger partial charge in [0.25, 0.3) is 0 Å². The molecule has 15 heavy (non-hydrogen) atoms. The zero-order valence-corrected chi connectivity index (χ0v) is 9.57. The van der Waals surface area contributed by atoms with Crippen molar-refractivity contribution in [3.8, 4) is 11.8 Å². The number of aliphatic hydroxyl groups excluding tert-OH is 1. The summed E-state index contributed by atoms with van der Waals surface area (Å²) in [5.74, 6) is 0.734. The second-order valence-electron chi connectivity index (χ2n) is 3.62. The molecule has 0 saturated heterocycles. The van der Waals surface area contributed by atoms with E-state index >= 15 is 0 Å². The van der Waals surface area contributed by atoms with Crippen molar-refractivity contribution in [1.82, 2.24) is 0 Å². The molecule has 1 fully saturated rings. The van der Waals surface area contributed by atoms with E-state index in [9.17, 15) is 0 Å². The van der Waals surface area contributed by atoms with Gasteiger partial charge in [-0.25, -0.2) is 0 Å². The zero-order valence-electron chi connectivity index (χ0n) is 7.98. The summed E-state index contributed by atoms with van der Waals surface area (Å²) in [7, 11) is 0. The van der Waals surface area contributed by atoms with Crippen LogP contribution < -0.4 is 4.74 Å². The minimum Gasteiger partial charge on any atom is -0.490 e. The molecule has 0 unspecified atom stereocenters. The minimum atomic E-state index is -0.211. The monoisotopic (exact) mass is 267 g/mol. The number of nitrogens with zero attached hydrogens (tertiary/aromatic N) is 1. The Kier molecular flexibility index (Phi) is 2.94. The molecule has 1 aromatic rings. The average molecular weight is 268 g/mol. The highest BCUT2D eigenvalue weighted by Gasteiger charge is 2.28. The van der Waals surface area contributed by atoms with Crippen LogP contribution in [0.4, 0.5) is 0 Å². The van der Waals surface area contributed by atoms with Crippen LogP contribution in [0.2, 0.25) is 0 Å². The highest BCUT2D eigenvalue weighted by Crippen LogP contribution is 2.28. The molecule has 0 spiro atoms. The number of hydrogen-bond donors (Lipinski definition) is 1. The van der Waals surface area contributed by atoms with Gasteiger partial charge in [0.15, 0.2) is 0 Å². The molecule has 2 rings (SSSR count). The Morgan fingerprint density at radius 3 is 2.73 bits per heavy atom. The fourth-order valence-corrected chi connectivity index (χ4v) is 1.93. The Labute approximate surface area is 96.4 Å². The molecule has 0 aromatic heterocycles. The summed E-state index contributed by atoms with van der Waals surface area (Å²) in [6.45, 7) is 0. The van der Waals surface area contributed by atoms with Crippen molar-refractivity contribution in [3.05, 3.63) is 28.2 Å². The Morgan fingerprint density at radius 2 is 2.20 bits per heavy atom. The van der Waals surface area contributed by atoms with Crippen LogP contribution in [0.1, 0.15) is 18.4 Å². The minimum absolute atomic E-state index is 0.111. The zero-order chi connectivity index (χ0) is 10.8. The first-order valence-corrected chi connectivity index (χ1v) is 5.52. The molecule has 0 atom stereocenters. The number of benzene rings is 1. The summed E-state index contributed by atoms with van der Waals surface area (Å²) in [6.07, 6.45) is 1.28. The Morgan fingerprint density at radius 1 is 1.47 bits per heavy atom. The lowest BCUT2D eigenvalue weighted by atomic mass is 9.92. The molecule has 1 aromatic carbocycles. The lowest BCUT2D eigenvalue weighted by Gasteiger charge is -2.31. The number of ether oxygens (including phenoxy) is 1. The van der Waals surface area contributed by atoms with Crippen LogP contribution in [0, 0.1) is 11.3 Å². The van der Waals surface area contributed by atoms with E-state index in [0.29, 0.717) is 18.4 Å². The highest BCUT2D eigenvalue weighted by molar-refractivity contribution is 9.10. The fraction of sp³-hybridized carbons (Fsp3) is 0.364. The lowest BCUT2D eigenvalue weighted by Crippen LogP contribution is -2.37. The number of halogens is 1. The van der Waals surface area contributed by atoms with E-state index in [2.05, 4.69) is 22.0 Å². The van der Waals surface area contributed by atoms with Crippen molar-refractivity contribution in [1.29, 1.82) is 5.26 Å². The maximum atomic E-state index is 9.10. The second-order valence-corrected chi connectivity index (χ2v) is 4.47. The van der Waals surface area contributed by atoms with E-state index in [0.717, 1.165) is 10.2 Å². The normalized spacial score (nSPS) is 24.1. The van der Waals surface area contributed by atoms with Gasteiger partial charge < -0.3 is 9.84 Å². The van der Waals surface area contributed by atoms with Gasteiger partial charge in [0.1, 0.15) is 17.9 Å². The third kappa shape index (κ3) is 2.31. The van der Waals surface area contributed by atoms with Gasteiger partial charge in [-0.2, -0.15) is 5.26 Å². The molecular weight excluding hydrogens is 258 g/mol. The summed E-state index contributed by atoms with van der Waals surface area (Å²) in [5, 5.41) is 17.8. The number of rotatable bonds is 2. The Hall–Kier alpha value is -1.05. The van der Waals surface area contributed by atoms with E-state index in [1.165, 1.54) is 0 Å². The summed E-state index contributed by atoms with van der Waals surface area (Å²) in [6, 6.07) is 7.34. The van der Waals surface area contributed by atoms with Crippen LogP contribution >= 0.6 is 15.9 Å². The van der Waals surface area contributed by atoms with E-state index in [1.54, 1.807) is 18.2 Å². The smallest absolute Gasteiger partial charge is 0.120 e. The van der Waals surface area contributed by atoms with Gasteiger partial charge in [-0.15, -0.1) is 0 Å². The number of hydrogen-bond acceptors (Lipinski definition) is 3. The molecule has 1 N–H and O–H groups in total. The van der Waals surface area contributed by atoms with Crippen molar-refractivity contribution < 1.29 is 9.84 Å². The van der Waals surface area contributed by atoms with Crippen LogP contribution in [0.3, 0.4) is 0 Å². The number of nitriles is 1. The molecule has 0 amide bonds. The SMILES string of the molecule is N#Cc1ccc(O[C@H]2C[C@H](O)C2)cc1Br. The van der Waals surface area contributed by atoms with Crippen LogP contribution in [0.15, 0.2) is 22.7 Å². The predicted octanol–water partition coefficient (Wildman–Crippen LogP) is 2.22. The van der Waals surface area contributed by atoms with Crippen molar-refractivity contribution in [2.24, 2.45) is 0 Å². The molecular formula is C11H10BrNO2. The first-order chi connectivity index (χ1) is 7.19. The maximum Gasteiger partial charge on any atom is 0.120 e. The molecule has 1 aliphatic rings. The van der Waals surface area contributed by atoms with Crippen LogP contribution in [0.5, 0.6) is 5.75 Å². The third-order valence-electron chi connectivity index (χ3n) is 2.43. The largest absolute Gasteiger partial charge is 0.490 e. The fourth-order valence-electron chi connectivity index (χ4n) is 1.49. The molecule has 0 radical (unpaired) electrons. The molecule has 0 aliphatic heterocycles. The molecule has 3 nitrogen and oxygen atoms in total.